The highest BCUT2D eigenvalue weighted by molar-refractivity contribution is 9.10. The number of nitrogens with zero attached hydrogens (tertiary/aromatic N) is 1. The molecule has 0 spiro atoms. The van der Waals surface area contributed by atoms with Crippen molar-refractivity contribution >= 4 is 27.5 Å². The van der Waals surface area contributed by atoms with Gasteiger partial charge in [0.05, 0.1) is 0 Å². The van der Waals surface area contributed by atoms with Crippen molar-refractivity contribution in [1.82, 2.24) is 4.98 Å². The lowest BCUT2D eigenvalue weighted by molar-refractivity contribution is 0.292. The molecule has 2 aromatic rings. The van der Waals surface area contributed by atoms with E-state index < -0.39 is 0 Å². The molecule has 0 saturated carbocycles. The highest BCUT2D eigenvalue weighted by Crippen LogP contribution is 2.18. The summed E-state index contributed by atoms with van der Waals surface area (Å²) in [6, 6.07) is 11.9. The first-order valence-corrected chi connectivity index (χ1v) is 7.47. The predicted octanol–water partition coefficient (Wildman–Crippen LogP) is 4.72. The van der Waals surface area contributed by atoms with Gasteiger partial charge < -0.3 is 4.74 Å². The SMILES string of the molecule is CCc1cc(CCl)cc(OCc2cccc(Br)c2)n1. The molecule has 0 bridgehead atoms. The average Bonchev–Trinajstić information content (AvgIpc) is 2.44. The Hall–Kier alpha value is -1.06. The minimum Gasteiger partial charge on any atom is -0.473 e. The molecule has 0 fully saturated rings. The lowest BCUT2D eigenvalue weighted by Crippen LogP contribution is -2.00. The minimum atomic E-state index is 0.475. The van der Waals surface area contributed by atoms with Gasteiger partial charge in [0.25, 0.3) is 0 Å². The highest BCUT2D eigenvalue weighted by atomic mass is 79.9. The van der Waals surface area contributed by atoms with E-state index in [9.17, 15) is 0 Å². The van der Waals surface area contributed by atoms with Crippen LogP contribution in [-0.2, 0) is 18.9 Å². The van der Waals surface area contributed by atoms with Gasteiger partial charge >= 0.3 is 0 Å². The van der Waals surface area contributed by atoms with Gasteiger partial charge in [0.1, 0.15) is 6.61 Å². The van der Waals surface area contributed by atoms with Crippen molar-refractivity contribution in [3.05, 3.63) is 57.7 Å². The zero-order chi connectivity index (χ0) is 13.7. The molecule has 100 valence electrons. The molecule has 1 aromatic carbocycles. The zero-order valence-corrected chi connectivity index (χ0v) is 13.0. The zero-order valence-electron chi connectivity index (χ0n) is 10.7. The Morgan fingerprint density at radius 2 is 2.05 bits per heavy atom. The fraction of sp³-hybridized carbons (Fsp3) is 0.267. The van der Waals surface area contributed by atoms with E-state index in [1.165, 1.54) is 0 Å². The average molecular weight is 341 g/mol. The van der Waals surface area contributed by atoms with Crippen molar-refractivity contribution in [1.29, 1.82) is 0 Å². The normalized spacial score (nSPS) is 10.5. The molecule has 0 saturated heterocycles. The number of alkyl halides is 1. The first kappa shape index (κ1) is 14.4. The highest BCUT2D eigenvalue weighted by Gasteiger charge is 2.03. The number of rotatable bonds is 5. The molecule has 4 heteroatoms. The van der Waals surface area contributed by atoms with Crippen molar-refractivity contribution in [2.24, 2.45) is 0 Å². The third kappa shape index (κ3) is 4.22. The third-order valence-corrected chi connectivity index (χ3v) is 3.51. The van der Waals surface area contributed by atoms with Crippen molar-refractivity contribution in [2.45, 2.75) is 25.8 Å². The van der Waals surface area contributed by atoms with Crippen LogP contribution in [0.5, 0.6) is 5.88 Å². The van der Waals surface area contributed by atoms with Gasteiger partial charge in [-0.1, -0.05) is 35.0 Å². The summed E-state index contributed by atoms with van der Waals surface area (Å²) < 4.78 is 6.79. The van der Waals surface area contributed by atoms with Crippen LogP contribution in [0.4, 0.5) is 0 Å². The molecule has 0 aliphatic rings. The maximum atomic E-state index is 5.88. The summed E-state index contributed by atoms with van der Waals surface area (Å²) in [5, 5.41) is 0. The lowest BCUT2D eigenvalue weighted by atomic mass is 10.2. The number of hydrogen-bond acceptors (Lipinski definition) is 2. The molecule has 0 atom stereocenters. The predicted molar refractivity (Wildman–Crippen MR) is 81.6 cm³/mol. The molecule has 1 aromatic heterocycles. The molecule has 0 aliphatic heterocycles. The Balaban J connectivity index is 2.10. The number of aryl methyl sites for hydroxylation is 1. The van der Waals surface area contributed by atoms with Gasteiger partial charge in [-0.2, -0.15) is 0 Å². The maximum Gasteiger partial charge on any atom is 0.214 e. The molecule has 0 radical (unpaired) electrons. The van der Waals surface area contributed by atoms with E-state index in [2.05, 4.69) is 27.8 Å². The summed E-state index contributed by atoms with van der Waals surface area (Å²) in [7, 11) is 0. The maximum absolute atomic E-state index is 5.88. The molecule has 0 aliphatic carbocycles. The molecule has 0 amide bonds. The molecule has 2 rings (SSSR count). The van der Waals surface area contributed by atoms with Crippen molar-refractivity contribution in [3.8, 4) is 5.88 Å². The van der Waals surface area contributed by atoms with Gasteiger partial charge in [-0.25, -0.2) is 4.98 Å². The number of pyridine rings is 1. The number of ether oxygens (including phenoxy) is 1. The van der Waals surface area contributed by atoms with E-state index in [4.69, 9.17) is 16.3 Å². The molecular weight excluding hydrogens is 326 g/mol. The Morgan fingerprint density at radius 1 is 1.21 bits per heavy atom. The van der Waals surface area contributed by atoms with E-state index in [1.54, 1.807) is 0 Å². The van der Waals surface area contributed by atoms with E-state index in [0.717, 1.165) is 27.7 Å². The van der Waals surface area contributed by atoms with Crippen LogP contribution in [-0.4, -0.2) is 4.98 Å². The molecule has 0 N–H and O–H groups in total. The topological polar surface area (TPSA) is 22.1 Å². The van der Waals surface area contributed by atoms with Gasteiger partial charge in [-0.05, 0) is 35.7 Å². The summed E-state index contributed by atoms with van der Waals surface area (Å²) in [6.07, 6.45) is 0.873. The second-order valence-corrected chi connectivity index (χ2v) is 5.39. The Labute approximate surface area is 126 Å². The smallest absolute Gasteiger partial charge is 0.214 e. The van der Waals surface area contributed by atoms with E-state index in [-0.39, 0.29) is 0 Å². The summed E-state index contributed by atoms with van der Waals surface area (Å²) >= 11 is 9.32. The van der Waals surface area contributed by atoms with Gasteiger partial charge in [0.15, 0.2) is 0 Å². The summed E-state index contributed by atoms with van der Waals surface area (Å²) in [4.78, 5) is 4.44. The van der Waals surface area contributed by atoms with Crippen LogP contribution in [0, 0.1) is 0 Å². The van der Waals surface area contributed by atoms with Crippen LogP contribution in [0.2, 0.25) is 0 Å². The Bertz CT molecular complexity index is 537. The van der Waals surface area contributed by atoms with Crippen LogP contribution < -0.4 is 4.74 Å². The second-order valence-electron chi connectivity index (χ2n) is 4.21. The van der Waals surface area contributed by atoms with Crippen molar-refractivity contribution in [2.75, 3.05) is 0 Å². The van der Waals surface area contributed by atoms with E-state index in [1.807, 2.05) is 36.4 Å². The molecule has 1 heterocycles. The standard InChI is InChI=1S/C15H15BrClNO/c1-2-14-7-12(9-17)8-15(18-14)19-10-11-4-3-5-13(16)6-11/h3-8H,2,9-10H2,1H3. The van der Waals surface area contributed by atoms with Gasteiger partial charge in [0.2, 0.25) is 5.88 Å². The number of aromatic nitrogens is 1. The summed E-state index contributed by atoms with van der Waals surface area (Å²) in [5.74, 6) is 1.11. The Kier molecular flexibility index (Phi) is 5.23. The monoisotopic (exact) mass is 339 g/mol. The van der Waals surface area contributed by atoms with Crippen LogP contribution in [0.25, 0.3) is 0 Å². The Morgan fingerprint density at radius 3 is 2.74 bits per heavy atom. The number of halogens is 2. The first-order chi connectivity index (χ1) is 9.21. The van der Waals surface area contributed by atoms with Crippen LogP contribution in [0.15, 0.2) is 40.9 Å². The molecule has 19 heavy (non-hydrogen) atoms. The van der Waals surface area contributed by atoms with E-state index >= 15 is 0 Å². The molecular formula is C15H15BrClNO. The largest absolute Gasteiger partial charge is 0.473 e. The summed E-state index contributed by atoms with van der Waals surface area (Å²) in [6.45, 7) is 2.57. The first-order valence-electron chi connectivity index (χ1n) is 6.14. The fourth-order valence-electron chi connectivity index (χ4n) is 1.74. The van der Waals surface area contributed by atoms with Crippen molar-refractivity contribution < 1.29 is 4.74 Å². The quantitative estimate of drug-likeness (QED) is 0.734. The van der Waals surface area contributed by atoms with Crippen LogP contribution in [0.1, 0.15) is 23.7 Å². The summed E-state index contributed by atoms with van der Waals surface area (Å²) in [5.41, 5.74) is 3.14. The number of hydrogen-bond donors (Lipinski definition) is 0. The van der Waals surface area contributed by atoms with Crippen molar-refractivity contribution in [3.63, 3.8) is 0 Å². The minimum absolute atomic E-state index is 0.475. The number of benzene rings is 1. The molecule has 2 nitrogen and oxygen atoms in total. The van der Waals surface area contributed by atoms with Gasteiger partial charge in [-0.3, -0.25) is 0 Å². The second kappa shape index (κ2) is 6.92. The van der Waals surface area contributed by atoms with Gasteiger partial charge in [-0.15, -0.1) is 11.6 Å². The lowest BCUT2D eigenvalue weighted by Gasteiger charge is -2.09. The van der Waals surface area contributed by atoms with E-state index in [0.29, 0.717) is 18.4 Å². The van der Waals surface area contributed by atoms with Crippen LogP contribution in [0.3, 0.4) is 0 Å². The van der Waals surface area contributed by atoms with Gasteiger partial charge in [0, 0.05) is 22.1 Å². The van der Waals surface area contributed by atoms with Crippen LogP contribution >= 0.6 is 27.5 Å². The fourth-order valence-corrected chi connectivity index (χ4v) is 2.34. The molecule has 0 unspecified atom stereocenters. The third-order valence-electron chi connectivity index (χ3n) is 2.71.